The van der Waals surface area contributed by atoms with E-state index in [9.17, 15) is 4.79 Å². The summed E-state index contributed by atoms with van der Waals surface area (Å²) >= 11 is 0. The lowest BCUT2D eigenvalue weighted by molar-refractivity contribution is -0.122. The number of benzene rings is 1. The average Bonchev–Trinajstić information content (AvgIpc) is 2.50. The number of amides is 1. The van der Waals surface area contributed by atoms with Gasteiger partial charge in [0.15, 0.2) is 0 Å². The van der Waals surface area contributed by atoms with Crippen molar-refractivity contribution in [1.29, 1.82) is 0 Å². The lowest BCUT2D eigenvalue weighted by atomic mass is 10.1. The lowest BCUT2D eigenvalue weighted by Gasteiger charge is -2.15. The van der Waals surface area contributed by atoms with Crippen LogP contribution >= 0.6 is 0 Å². The van der Waals surface area contributed by atoms with Crippen LogP contribution in [-0.2, 0) is 11.3 Å². The molecule has 1 amide bonds. The number of pyridine rings is 1. The molecule has 1 atom stereocenters. The zero-order valence-corrected chi connectivity index (χ0v) is 12.9. The topological polar surface area (TPSA) is 54.0 Å². The third-order valence-corrected chi connectivity index (χ3v) is 3.42. The van der Waals surface area contributed by atoms with E-state index in [-0.39, 0.29) is 11.9 Å². The van der Waals surface area contributed by atoms with Gasteiger partial charge in [-0.3, -0.25) is 9.78 Å². The summed E-state index contributed by atoms with van der Waals surface area (Å²) < 4.78 is 0. The van der Waals surface area contributed by atoms with Crippen molar-refractivity contribution in [2.45, 2.75) is 33.4 Å². The smallest absolute Gasteiger partial charge is 0.236 e. The van der Waals surface area contributed by atoms with Crippen LogP contribution < -0.4 is 10.6 Å². The molecule has 0 spiro atoms. The van der Waals surface area contributed by atoms with Gasteiger partial charge in [0.25, 0.3) is 0 Å². The van der Waals surface area contributed by atoms with E-state index in [4.69, 9.17) is 0 Å². The fourth-order valence-corrected chi connectivity index (χ4v) is 2.12. The summed E-state index contributed by atoms with van der Waals surface area (Å²) in [5.41, 5.74) is 2.14. The number of hydrogen-bond acceptors (Lipinski definition) is 3. The molecule has 0 aliphatic carbocycles. The maximum atomic E-state index is 11.9. The van der Waals surface area contributed by atoms with Crippen molar-refractivity contribution < 1.29 is 4.79 Å². The normalized spacial score (nSPS) is 12.6. The van der Waals surface area contributed by atoms with Crippen LogP contribution in [0, 0.1) is 5.92 Å². The van der Waals surface area contributed by atoms with Gasteiger partial charge >= 0.3 is 0 Å². The molecule has 0 bridgehead atoms. The molecule has 0 aliphatic heterocycles. The van der Waals surface area contributed by atoms with Crippen LogP contribution in [-0.4, -0.2) is 23.5 Å². The molecule has 2 aromatic rings. The highest BCUT2D eigenvalue weighted by molar-refractivity contribution is 5.82. The summed E-state index contributed by atoms with van der Waals surface area (Å²) in [6.45, 7) is 7.42. The van der Waals surface area contributed by atoms with Crippen LogP contribution in [0.25, 0.3) is 10.9 Å². The molecule has 4 nitrogen and oxygen atoms in total. The summed E-state index contributed by atoms with van der Waals surface area (Å²) in [5, 5.41) is 7.34. The number of carbonyl (C=O) groups is 1. The van der Waals surface area contributed by atoms with E-state index in [0.29, 0.717) is 19.0 Å². The molecule has 1 heterocycles. The van der Waals surface area contributed by atoms with Gasteiger partial charge in [-0.1, -0.05) is 32.0 Å². The number of nitrogens with one attached hydrogen (secondary N) is 2. The van der Waals surface area contributed by atoms with Crippen LogP contribution in [0.2, 0.25) is 0 Å². The van der Waals surface area contributed by atoms with Gasteiger partial charge in [0.2, 0.25) is 5.91 Å². The maximum Gasteiger partial charge on any atom is 0.236 e. The molecule has 2 rings (SSSR count). The summed E-state index contributed by atoms with van der Waals surface area (Å²) in [6, 6.07) is 9.82. The lowest BCUT2D eigenvalue weighted by Crippen LogP contribution is -2.42. The minimum absolute atomic E-state index is 0.0436. The molecular weight excluding hydrogens is 262 g/mol. The van der Waals surface area contributed by atoms with Gasteiger partial charge in [0, 0.05) is 24.7 Å². The average molecular weight is 285 g/mol. The zero-order chi connectivity index (χ0) is 15.2. The Kier molecular flexibility index (Phi) is 5.28. The standard InChI is InChI=1S/C17H23N3O/c1-12(2)10-20-17(21)13(3)19-11-14-8-9-18-16-7-5-4-6-15(14)16/h4-9,12-13,19H,10-11H2,1-3H3,(H,20,21). The van der Waals surface area contributed by atoms with Crippen molar-refractivity contribution in [1.82, 2.24) is 15.6 Å². The van der Waals surface area contributed by atoms with E-state index >= 15 is 0 Å². The van der Waals surface area contributed by atoms with Gasteiger partial charge in [-0.25, -0.2) is 0 Å². The second kappa shape index (κ2) is 7.18. The number of rotatable bonds is 6. The number of nitrogens with zero attached hydrogens (tertiary/aromatic N) is 1. The number of carbonyl (C=O) groups excluding carboxylic acids is 1. The Morgan fingerprint density at radius 2 is 1.95 bits per heavy atom. The molecule has 0 fully saturated rings. The molecule has 0 saturated carbocycles. The molecule has 1 unspecified atom stereocenters. The van der Waals surface area contributed by atoms with Gasteiger partial charge in [0.1, 0.15) is 0 Å². The first-order valence-corrected chi connectivity index (χ1v) is 7.41. The van der Waals surface area contributed by atoms with Crippen LogP contribution in [0.5, 0.6) is 0 Å². The van der Waals surface area contributed by atoms with Crippen LogP contribution in [0.1, 0.15) is 26.3 Å². The minimum Gasteiger partial charge on any atom is -0.354 e. The van der Waals surface area contributed by atoms with E-state index in [1.54, 1.807) is 0 Å². The Morgan fingerprint density at radius 1 is 1.19 bits per heavy atom. The van der Waals surface area contributed by atoms with Crippen molar-refractivity contribution >= 4 is 16.8 Å². The molecule has 1 aromatic carbocycles. The Bertz CT molecular complexity index is 605. The Morgan fingerprint density at radius 3 is 2.71 bits per heavy atom. The second-order valence-corrected chi connectivity index (χ2v) is 5.73. The van der Waals surface area contributed by atoms with Crippen molar-refractivity contribution in [2.24, 2.45) is 5.92 Å². The highest BCUT2D eigenvalue weighted by Crippen LogP contribution is 2.15. The van der Waals surface area contributed by atoms with Crippen LogP contribution in [0.4, 0.5) is 0 Å². The van der Waals surface area contributed by atoms with Gasteiger partial charge in [0.05, 0.1) is 11.6 Å². The summed E-state index contributed by atoms with van der Waals surface area (Å²) in [6.07, 6.45) is 1.81. The Hall–Kier alpha value is -1.94. The molecule has 21 heavy (non-hydrogen) atoms. The van der Waals surface area contributed by atoms with Gasteiger partial charge < -0.3 is 10.6 Å². The predicted molar refractivity (Wildman–Crippen MR) is 85.9 cm³/mol. The van der Waals surface area contributed by atoms with E-state index in [0.717, 1.165) is 16.5 Å². The third kappa shape index (κ3) is 4.26. The van der Waals surface area contributed by atoms with Crippen molar-refractivity contribution in [3.63, 3.8) is 0 Å². The minimum atomic E-state index is -0.212. The third-order valence-electron chi connectivity index (χ3n) is 3.42. The summed E-state index contributed by atoms with van der Waals surface area (Å²) in [5.74, 6) is 0.507. The van der Waals surface area contributed by atoms with E-state index in [2.05, 4.69) is 35.5 Å². The van der Waals surface area contributed by atoms with E-state index in [1.807, 2.05) is 37.4 Å². The second-order valence-electron chi connectivity index (χ2n) is 5.73. The molecule has 4 heteroatoms. The molecule has 1 aromatic heterocycles. The molecule has 0 saturated heterocycles. The first-order valence-electron chi connectivity index (χ1n) is 7.41. The largest absolute Gasteiger partial charge is 0.354 e. The number of para-hydroxylation sites is 1. The monoisotopic (exact) mass is 285 g/mol. The summed E-state index contributed by atoms with van der Waals surface area (Å²) in [7, 11) is 0. The molecule has 0 aliphatic rings. The first-order chi connectivity index (χ1) is 10.1. The summed E-state index contributed by atoms with van der Waals surface area (Å²) in [4.78, 5) is 16.3. The highest BCUT2D eigenvalue weighted by atomic mass is 16.2. The van der Waals surface area contributed by atoms with Gasteiger partial charge in [-0.15, -0.1) is 0 Å². The SMILES string of the molecule is CC(C)CNC(=O)C(C)NCc1ccnc2ccccc12. The molecule has 0 radical (unpaired) electrons. The van der Waals surface area contributed by atoms with Crippen molar-refractivity contribution in [3.05, 3.63) is 42.1 Å². The fraction of sp³-hybridized carbons (Fsp3) is 0.412. The van der Waals surface area contributed by atoms with Gasteiger partial charge in [-0.05, 0) is 30.5 Å². The Labute approximate surface area is 126 Å². The number of aromatic nitrogens is 1. The molecule has 2 N–H and O–H groups in total. The molecule has 112 valence electrons. The van der Waals surface area contributed by atoms with Crippen LogP contribution in [0.15, 0.2) is 36.5 Å². The van der Waals surface area contributed by atoms with Gasteiger partial charge in [-0.2, -0.15) is 0 Å². The van der Waals surface area contributed by atoms with Crippen molar-refractivity contribution in [2.75, 3.05) is 6.54 Å². The van der Waals surface area contributed by atoms with E-state index in [1.165, 1.54) is 0 Å². The quantitative estimate of drug-likeness (QED) is 0.857. The Balaban J connectivity index is 1.97. The first kappa shape index (κ1) is 15.4. The highest BCUT2D eigenvalue weighted by Gasteiger charge is 2.12. The maximum absolute atomic E-state index is 11.9. The van der Waals surface area contributed by atoms with Crippen LogP contribution in [0.3, 0.4) is 0 Å². The van der Waals surface area contributed by atoms with E-state index < -0.39 is 0 Å². The predicted octanol–water partition coefficient (Wildman–Crippen LogP) is 2.49. The number of hydrogen-bond donors (Lipinski definition) is 2. The number of fused-ring (bicyclic) bond motifs is 1. The molecular formula is C17H23N3O. The van der Waals surface area contributed by atoms with Crippen molar-refractivity contribution in [3.8, 4) is 0 Å². The zero-order valence-electron chi connectivity index (χ0n) is 12.9. The fourth-order valence-electron chi connectivity index (χ4n) is 2.12.